The first-order valence-corrected chi connectivity index (χ1v) is 10.9. The maximum atomic E-state index is 15.0. The van der Waals surface area contributed by atoms with Gasteiger partial charge in [-0.25, -0.2) is 13.2 Å². The zero-order valence-corrected chi connectivity index (χ0v) is 17.0. The third-order valence-electron chi connectivity index (χ3n) is 6.86. The van der Waals surface area contributed by atoms with E-state index in [1.54, 1.807) is 6.92 Å². The molecule has 2 fully saturated rings. The van der Waals surface area contributed by atoms with Crippen LogP contribution in [0.4, 0.5) is 17.6 Å². The van der Waals surface area contributed by atoms with Crippen LogP contribution in [0.2, 0.25) is 0 Å². The van der Waals surface area contributed by atoms with Gasteiger partial charge in [0.05, 0.1) is 6.61 Å². The zero-order chi connectivity index (χ0) is 20.3. The second kappa shape index (κ2) is 9.04. The summed E-state index contributed by atoms with van der Waals surface area (Å²) in [5, 5.41) is 0. The van der Waals surface area contributed by atoms with E-state index in [9.17, 15) is 8.78 Å². The van der Waals surface area contributed by atoms with Gasteiger partial charge in [0.15, 0.2) is 11.6 Å². The lowest BCUT2D eigenvalue weighted by atomic mass is 9.66. The molecule has 2 saturated carbocycles. The Hall–Kier alpha value is -1.26. The predicted molar refractivity (Wildman–Crippen MR) is 103 cm³/mol. The normalized spacial score (nSPS) is 30.2. The molecule has 28 heavy (non-hydrogen) atoms. The molecule has 1 aromatic carbocycles. The summed E-state index contributed by atoms with van der Waals surface area (Å²) in [6.07, 6.45) is 6.68. The summed E-state index contributed by atoms with van der Waals surface area (Å²) in [4.78, 5) is 0. The highest BCUT2D eigenvalue weighted by Gasteiger charge is 2.49. The molecule has 0 aliphatic heterocycles. The molecule has 158 valence electrons. The Bertz CT molecular complexity index is 652. The second-order valence-electron chi connectivity index (χ2n) is 8.63. The van der Waals surface area contributed by atoms with E-state index in [-0.39, 0.29) is 23.8 Å². The fourth-order valence-electron chi connectivity index (χ4n) is 5.44. The lowest BCUT2D eigenvalue weighted by Crippen LogP contribution is -2.40. The minimum Gasteiger partial charge on any atom is -0.491 e. The number of rotatable bonds is 6. The van der Waals surface area contributed by atoms with Gasteiger partial charge in [0.1, 0.15) is 0 Å². The average Bonchev–Trinajstić information content (AvgIpc) is 2.66. The zero-order valence-electron chi connectivity index (χ0n) is 17.0. The summed E-state index contributed by atoms with van der Waals surface area (Å²) >= 11 is 0. The smallest absolute Gasteiger partial charge is 0.251 e. The van der Waals surface area contributed by atoms with Crippen LogP contribution < -0.4 is 4.74 Å². The third-order valence-corrected chi connectivity index (χ3v) is 6.86. The number of benzene rings is 1. The van der Waals surface area contributed by atoms with Crippen LogP contribution in [0.15, 0.2) is 12.1 Å². The summed E-state index contributed by atoms with van der Waals surface area (Å²) < 4.78 is 63.8. The quantitative estimate of drug-likeness (QED) is 0.450. The molecule has 0 aromatic heterocycles. The highest BCUT2D eigenvalue weighted by atomic mass is 19.3. The van der Waals surface area contributed by atoms with E-state index < -0.39 is 35.8 Å². The maximum Gasteiger partial charge on any atom is 0.251 e. The summed E-state index contributed by atoms with van der Waals surface area (Å²) in [5.41, 5.74) is 0.0609. The highest BCUT2D eigenvalue weighted by Crippen LogP contribution is 2.52. The number of halogens is 4. The number of hydrogen-bond donors (Lipinski definition) is 0. The van der Waals surface area contributed by atoms with Crippen LogP contribution in [-0.4, -0.2) is 12.5 Å². The molecule has 5 heteroatoms. The first-order chi connectivity index (χ1) is 13.4. The van der Waals surface area contributed by atoms with Gasteiger partial charge in [-0.05, 0) is 62.0 Å². The van der Waals surface area contributed by atoms with Crippen molar-refractivity contribution in [1.82, 2.24) is 0 Å². The number of alkyl halides is 2. The van der Waals surface area contributed by atoms with Gasteiger partial charge < -0.3 is 4.74 Å². The lowest BCUT2D eigenvalue weighted by Gasteiger charge is -2.42. The molecule has 0 radical (unpaired) electrons. The van der Waals surface area contributed by atoms with Crippen molar-refractivity contribution in [2.24, 2.45) is 17.8 Å². The van der Waals surface area contributed by atoms with Gasteiger partial charge in [0.25, 0.3) is 5.92 Å². The van der Waals surface area contributed by atoms with E-state index in [2.05, 4.69) is 6.92 Å². The van der Waals surface area contributed by atoms with E-state index in [1.807, 2.05) is 0 Å². The third kappa shape index (κ3) is 4.49. The Labute approximate surface area is 165 Å². The van der Waals surface area contributed by atoms with Crippen molar-refractivity contribution in [3.05, 3.63) is 29.3 Å². The SMILES string of the molecule is CCCC1CCC(C2CCC(c3ccc(OCC)c(F)c3F)CC2(F)F)CC1. The molecule has 2 aliphatic rings. The molecular formula is C23H32F4O. The largest absolute Gasteiger partial charge is 0.491 e. The highest BCUT2D eigenvalue weighted by molar-refractivity contribution is 5.33. The minimum atomic E-state index is -2.83. The number of ether oxygens (including phenoxy) is 1. The van der Waals surface area contributed by atoms with Gasteiger partial charge in [-0.15, -0.1) is 0 Å². The van der Waals surface area contributed by atoms with E-state index >= 15 is 8.78 Å². The molecule has 1 aromatic rings. The molecule has 0 N–H and O–H groups in total. The van der Waals surface area contributed by atoms with E-state index in [0.717, 1.165) is 32.1 Å². The first-order valence-electron chi connectivity index (χ1n) is 10.9. The second-order valence-corrected chi connectivity index (χ2v) is 8.63. The van der Waals surface area contributed by atoms with E-state index in [4.69, 9.17) is 4.74 Å². The van der Waals surface area contributed by atoms with Gasteiger partial charge >= 0.3 is 0 Å². The van der Waals surface area contributed by atoms with Gasteiger partial charge in [-0.1, -0.05) is 38.7 Å². The summed E-state index contributed by atoms with van der Waals surface area (Å²) in [6, 6.07) is 2.77. The predicted octanol–water partition coefficient (Wildman–Crippen LogP) is 7.49. The molecule has 2 unspecified atom stereocenters. The van der Waals surface area contributed by atoms with Crippen LogP contribution >= 0.6 is 0 Å². The molecule has 0 bridgehead atoms. The minimum absolute atomic E-state index is 0.0609. The molecule has 2 aliphatic carbocycles. The monoisotopic (exact) mass is 400 g/mol. The Morgan fingerprint density at radius 1 is 0.964 bits per heavy atom. The number of hydrogen-bond acceptors (Lipinski definition) is 1. The Kier molecular flexibility index (Phi) is 6.93. The Morgan fingerprint density at radius 2 is 1.68 bits per heavy atom. The van der Waals surface area contributed by atoms with Crippen LogP contribution in [0.25, 0.3) is 0 Å². The van der Waals surface area contributed by atoms with Gasteiger partial charge in [0, 0.05) is 12.3 Å². The fraction of sp³-hybridized carbons (Fsp3) is 0.739. The van der Waals surface area contributed by atoms with Crippen LogP contribution in [0.3, 0.4) is 0 Å². The Morgan fingerprint density at radius 3 is 2.29 bits per heavy atom. The molecule has 0 spiro atoms. The standard InChI is InChI=1S/C23H32F4O/c1-3-5-15-6-8-16(9-7-15)19-12-10-17(14-23(19,26)27)18-11-13-20(28-4-2)22(25)21(18)24/h11,13,15-17,19H,3-10,12,14H2,1-2H3. The molecule has 0 heterocycles. The Balaban J connectivity index is 1.68. The van der Waals surface area contributed by atoms with Crippen molar-refractivity contribution in [3.63, 3.8) is 0 Å². The van der Waals surface area contributed by atoms with Crippen molar-refractivity contribution in [2.75, 3.05) is 6.61 Å². The average molecular weight is 401 g/mol. The molecule has 2 atom stereocenters. The topological polar surface area (TPSA) is 9.23 Å². The molecule has 1 nitrogen and oxygen atoms in total. The molecule has 0 amide bonds. The molecule has 3 rings (SSSR count). The van der Waals surface area contributed by atoms with Crippen molar-refractivity contribution in [2.45, 2.75) is 83.5 Å². The van der Waals surface area contributed by atoms with Crippen LogP contribution in [0.1, 0.15) is 83.1 Å². The van der Waals surface area contributed by atoms with Gasteiger partial charge in [-0.2, -0.15) is 4.39 Å². The van der Waals surface area contributed by atoms with Crippen molar-refractivity contribution in [1.29, 1.82) is 0 Å². The first kappa shape index (κ1) is 21.4. The van der Waals surface area contributed by atoms with Crippen LogP contribution in [0.5, 0.6) is 5.75 Å². The molecule has 0 saturated heterocycles. The summed E-state index contributed by atoms with van der Waals surface area (Å²) in [5.74, 6) is -5.61. The van der Waals surface area contributed by atoms with Crippen molar-refractivity contribution >= 4 is 0 Å². The maximum absolute atomic E-state index is 15.0. The summed E-state index contributed by atoms with van der Waals surface area (Å²) in [6.45, 7) is 4.08. The lowest BCUT2D eigenvalue weighted by molar-refractivity contribution is -0.119. The molecular weight excluding hydrogens is 368 g/mol. The van der Waals surface area contributed by atoms with Gasteiger partial charge in [-0.3, -0.25) is 0 Å². The van der Waals surface area contributed by atoms with Gasteiger partial charge in [0.2, 0.25) is 5.82 Å². The van der Waals surface area contributed by atoms with Crippen LogP contribution in [0, 0.1) is 29.4 Å². The van der Waals surface area contributed by atoms with E-state index in [0.29, 0.717) is 18.8 Å². The van der Waals surface area contributed by atoms with E-state index in [1.165, 1.54) is 18.6 Å². The fourth-order valence-corrected chi connectivity index (χ4v) is 5.44. The van der Waals surface area contributed by atoms with Crippen molar-refractivity contribution < 1.29 is 22.3 Å². The van der Waals surface area contributed by atoms with Crippen molar-refractivity contribution in [3.8, 4) is 5.75 Å². The summed E-state index contributed by atoms with van der Waals surface area (Å²) in [7, 11) is 0. The van der Waals surface area contributed by atoms with Crippen LogP contribution in [-0.2, 0) is 0 Å².